The Balaban J connectivity index is 1.49. The molecule has 1 saturated carbocycles. The van der Waals surface area contributed by atoms with Gasteiger partial charge >= 0.3 is 0 Å². The summed E-state index contributed by atoms with van der Waals surface area (Å²) in [5.41, 5.74) is 7.99. The third-order valence-corrected chi connectivity index (χ3v) is 5.58. The minimum absolute atomic E-state index is 0.251. The van der Waals surface area contributed by atoms with Crippen LogP contribution in [0.1, 0.15) is 31.2 Å². The molecule has 30 heavy (non-hydrogen) atoms. The Morgan fingerprint density at radius 2 is 1.90 bits per heavy atom. The van der Waals surface area contributed by atoms with Crippen LogP contribution in [-0.4, -0.2) is 27.0 Å². The van der Waals surface area contributed by atoms with E-state index in [-0.39, 0.29) is 11.9 Å². The number of anilines is 2. The molecule has 0 amide bonds. The molecule has 156 valence electrons. The quantitative estimate of drug-likeness (QED) is 0.532. The Labute approximate surface area is 180 Å². The Kier molecular flexibility index (Phi) is 6.40. The molecule has 0 unspecified atom stereocenters. The van der Waals surface area contributed by atoms with Crippen LogP contribution in [0, 0.1) is 5.82 Å². The summed E-state index contributed by atoms with van der Waals surface area (Å²) in [6.07, 6.45) is 7.28. The molecule has 0 aliphatic heterocycles. The molecule has 3 aromatic rings. The van der Waals surface area contributed by atoms with Crippen molar-refractivity contribution in [3.8, 4) is 11.3 Å². The van der Waals surface area contributed by atoms with Crippen LogP contribution in [0.4, 0.5) is 16.2 Å². The Morgan fingerprint density at radius 1 is 1.10 bits per heavy atom. The lowest BCUT2D eigenvalue weighted by Crippen LogP contribution is -2.33. The number of nitrogens with two attached hydrogens (primary N) is 1. The van der Waals surface area contributed by atoms with Gasteiger partial charge in [-0.25, -0.2) is 19.3 Å². The van der Waals surface area contributed by atoms with Crippen LogP contribution >= 0.6 is 11.6 Å². The maximum Gasteiger partial charge on any atom is 0.223 e. The SMILES string of the molecule is NC1CCC(Nc2ncc(Cl)c(-c3ccnc(NCc4ccccc4F)c3)n2)CC1. The standard InChI is InChI=1S/C22H24ClFN6/c23-18-13-28-22(29-17-7-5-16(25)6-8-17)30-21(18)14-9-10-26-20(11-14)27-12-15-3-1-2-4-19(15)24/h1-4,9-11,13,16-17H,5-8,12,25H2,(H,26,27)(H,28,29,30). The van der Waals surface area contributed by atoms with Crippen molar-refractivity contribution < 1.29 is 4.39 Å². The molecular formula is C22H24ClFN6. The summed E-state index contributed by atoms with van der Waals surface area (Å²) in [6, 6.07) is 10.9. The number of hydrogen-bond donors (Lipinski definition) is 3. The van der Waals surface area contributed by atoms with Gasteiger partial charge in [-0.1, -0.05) is 29.8 Å². The van der Waals surface area contributed by atoms with Crippen molar-refractivity contribution in [1.29, 1.82) is 0 Å². The van der Waals surface area contributed by atoms with Gasteiger partial charge in [0.05, 0.1) is 16.9 Å². The molecule has 4 rings (SSSR count). The lowest BCUT2D eigenvalue weighted by Gasteiger charge is -2.26. The second kappa shape index (κ2) is 9.36. The third kappa shape index (κ3) is 5.04. The molecule has 0 spiro atoms. The fraction of sp³-hybridized carbons (Fsp3) is 0.318. The van der Waals surface area contributed by atoms with Crippen molar-refractivity contribution >= 4 is 23.4 Å². The van der Waals surface area contributed by atoms with E-state index >= 15 is 0 Å². The van der Waals surface area contributed by atoms with Crippen molar-refractivity contribution in [3.63, 3.8) is 0 Å². The summed E-state index contributed by atoms with van der Waals surface area (Å²) >= 11 is 6.38. The maximum absolute atomic E-state index is 13.8. The molecule has 0 saturated heterocycles. The predicted molar refractivity (Wildman–Crippen MR) is 118 cm³/mol. The maximum atomic E-state index is 13.8. The third-order valence-electron chi connectivity index (χ3n) is 5.30. The highest BCUT2D eigenvalue weighted by atomic mass is 35.5. The van der Waals surface area contributed by atoms with Crippen LogP contribution in [0.25, 0.3) is 11.3 Å². The molecular weight excluding hydrogens is 403 g/mol. The van der Waals surface area contributed by atoms with Crippen molar-refractivity contribution in [2.45, 2.75) is 44.3 Å². The van der Waals surface area contributed by atoms with Gasteiger partial charge in [0.15, 0.2) is 0 Å². The molecule has 1 fully saturated rings. The zero-order chi connectivity index (χ0) is 20.9. The van der Waals surface area contributed by atoms with Crippen molar-refractivity contribution in [2.75, 3.05) is 10.6 Å². The van der Waals surface area contributed by atoms with Gasteiger partial charge in [0.1, 0.15) is 11.6 Å². The molecule has 2 heterocycles. The van der Waals surface area contributed by atoms with Gasteiger partial charge in [0.2, 0.25) is 5.95 Å². The second-order valence-electron chi connectivity index (χ2n) is 7.52. The van der Waals surface area contributed by atoms with E-state index in [1.165, 1.54) is 6.07 Å². The number of nitrogens with zero attached hydrogens (tertiary/aromatic N) is 3. The molecule has 6 nitrogen and oxygen atoms in total. The summed E-state index contributed by atoms with van der Waals surface area (Å²) in [7, 11) is 0. The van der Waals surface area contributed by atoms with Gasteiger partial charge in [-0.15, -0.1) is 0 Å². The summed E-state index contributed by atoms with van der Waals surface area (Å²) in [4.78, 5) is 13.3. The largest absolute Gasteiger partial charge is 0.366 e. The number of nitrogens with one attached hydrogen (secondary N) is 2. The van der Waals surface area contributed by atoms with E-state index in [1.54, 1.807) is 30.6 Å². The normalized spacial score (nSPS) is 18.8. The van der Waals surface area contributed by atoms with E-state index in [9.17, 15) is 4.39 Å². The molecule has 1 aromatic carbocycles. The monoisotopic (exact) mass is 426 g/mol. The summed E-state index contributed by atoms with van der Waals surface area (Å²) < 4.78 is 13.8. The molecule has 8 heteroatoms. The van der Waals surface area contributed by atoms with E-state index in [0.717, 1.165) is 31.2 Å². The highest BCUT2D eigenvalue weighted by Gasteiger charge is 2.19. The van der Waals surface area contributed by atoms with Gasteiger partial charge in [-0.05, 0) is 43.9 Å². The van der Waals surface area contributed by atoms with Crippen LogP contribution in [0.5, 0.6) is 0 Å². The highest BCUT2D eigenvalue weighted by molar-refractivity contribution is 6.32. The average Bonchev–Trinajstić information content (AvgIpc) is 2.76. The zero-order valence-corrected chi connectivity index (χ0v) is 17.2. The van der Waals surface area contributed by atoms with Crippen LogP contribution in [-0.2, 0) is 6.54 Å². The number of hydrogen-bond acceptors (Lipinski definition) is 6. The van der Waals surface area contributed by atoms with Gasteiger partial charge in [-0.2, -0.15) is 0 Å². The Bertz CT molecular complexity index is 1010. The Hall–Kier alpha value is -2.77. The van der Waals surface area contributed by atoms with E-state index in [2.05, 4.69) is 25.6 Å². The first kappa shape index (κ1) is 20.5. The minimum atomic E-state index is -0.251. The van der Waals surface area contributed by atoms with Crippen LogP contribution in [0.15, 0.2) is 48.8 Å². The molecule has 1 aliphatic rings. The smallest absolute Gasteiger partial charge is 0.223 e. The minimum Gasteiger partial charge on any atom is -0.366 e. The van der Waals surface area contributed by atoms with E-state index < -0.39 is 0 Å². The van der Waals surface area contributed by atoms with Crippen LogP contribution in [0.2, 0.25) is 5.02 Å². The fourth-order valence-electron chi connectivity index (χ4n) is 3.59. The molecule has 0 radical (unpaired) electrons. The number of aromatic nitrogens is 3. The zero-order valence-electron chi connectivity index (χ0n) is 16.5. The highest BCUT2D eigenvalue weighted by Crippen LogP contribution is 2.28. The van der Waals surface area contributed by atoms with Gasteiger partial charge in [-0.3, -0.25) is 0 Å². The topological polar surface area (TPSA) is 88.8 Å². The summed E-state index contributed by atoms with van der Waals surface area (Å²) in [5.74, 6) is 0.910. The second-order valence-corrected chi connectivity index (χ2v) is 7.93. The Morgan fingerprint density at radius 3 is 2.70 bits per heavy atom. The first-order valence-corrected chi connectivity index (χ1v) is 10.4. The predicted octanol–water partition coefficient (Wildman–Crippen LogP) is 4.63. The number of pyridine rings is 1. The van der Waals surface area contributed by atoms with E-state index in [0.29, 0.717) is 40.6 Å². The first-order chi connectivity index (χ1) is 14.6. The number of benzene rings is 1. The number of rotatable bonds is 6. The molecule has 2 aromatic heterocycles. The lowest BCUT2D eigenvalue weighted by molar-refractivity contribution is 0.410. The first-order valence-electron chi connectivity index (χ1n) is 10.1. The summed E-state index contributed by atoms with van der Waals surface area (Å²) in [6.45, 7) is 0.331. The summed E-state index contributed by atoms with van der Waals surface area (Å²) in [5, 5.41) is 7.00. The van der Waals surface area contributed by atoms with Crippen molar-refractivity contribution in [1.82, 2.24) is 15.0 Å². The molecule has 4 N–H and O–H groups in total. The fourth-order valence-corrected chi connectivity index (χ4v) is 3.79. The average molecular weight is 427 g/mol. The van der Waals surface area contributed by atoms with Gasteiger partial charge < -0.3 is 16.4 Å². The van der Waals surface area contributed by atoms with Crippen LogP contribution < -0.4 is 16.4 Å². The van der Waals surface area contributed by atoms with Gasteiger partial charge in [0.25, 0.3) is 0 Å². The van der Waals surface area contributed by atoms with Crippen molar-refractivity contribution in [3.05, 3.63) is 65.2 Å². The molecule has 0 bridgehead atoms. The molecule has 0 atom stereocenters. The lowest BCUT2D eigenvalue weighted by atomic mass is 9.92. The van der Waals surface area contributed by atoms with Gasteiger partial charge in [0, 0.05) is 36.0 Å². The molecule has 1 aliphatic carbocycles. The van der Waals surface area contributed by atoms with E-state index in [1.807, 2.05) is 12.1 Å². The number of halogens is 2. The van der Waals surface area contributed by atoms with Crippen LogP contribution in [0.3, 0.4) is 0 Å². The van der Waals surface area contributed by atoms with Crippen molar-refractivity contribution in [2.24, 2.45) is 5.73 Å². The van der Waals surface area contributed by atoms with E-state index in [4.69, 9.17) is 17.3 Å².